The number of nitrogens with zero attached hydrogens (tertiary/aromatic N) is 1. The first-order valence-electron chi connectivity index (χ1n) is 4.81. The number of carboxylic acid groups (broad SMARTS) is 1. The summed E-state index contributed by atoms with van der Waals surface area (Å²) in [5.74, 6) is 0. The normalized spacial score (nSPS) is 10.0. The molecular formula is C11H11N3O2. The number of benzene rings is 1. The van der Waals surface area contributed by atoms with Crippen molar-refractivity contribution in [1.29, 1.82) is 0 Å². The van der Waals surface area contributed by atoms with E-state index >= 15 is 0 Å². The molecular weight excluding hydrogens is 206 g/mol. The van der Waals surface area contributed by atoms with Crippen LogP contribution < -0.4 is 5.32 Å². The molecule has 0 aliphatic heterocycles. The third-order valence-electron chi connectivity index (χ3n) is 2.18. The summed E-state index contributed by atoms with van der Waals surface area (Å²) in [4.78, 5) is 10.4. The van der Waals surface area contributed by atoms with Crippen LogP contribution in [0, 0.1) is 0 Å². The largest absolute Gasteiger partial charge is 0.465 e. The van der Waals surface area contributed by atoms with Gasteiger partial charge in [0, 0.05) is 12.7 Å². The van der Waals surface area contributed by atoms with Gasteiger partial charge in [0.1, 0.15) is 0 Å². The smallest absolute Gasteiger partial charge is 0.404 e. The standard InChI is InChI=1S/C11H11N3O2/c15-11(16)12-7-8-2-1-3-9(6-8)10-4-5-13-14-10/h1-6,12H,7H2,(H,13,14)(H,15,16). The van der Waals surface area contributed by atoms with Crippen LogP contribution in [0.1, 0.15) is 5.56 Å². The van der Waals surface area contributed by atoms with Gasteiger partial charge in [-0.15, -0.1) is 0 Å². The van der Waals surface area contributed by atoms with E-state index in [4.69, 9.17) is 5.11 Å². The Kier molecular flexibility index (Phi) is 2.86. The predicted molar refractivity (Wildman–Crippen MR) is 58.9 cm³/mol. The van der Waals surface area contributed by atoms with E-state index in [1.165, 1.54) is 0 Å². The van der Waals surface area contributed by atoms with Crippen LogP contribution in [0.4, 0.5) is 4.79 Å². The van der Waals surface area contributed by atoms with E-state index < -0.39 is 6.09 Å². The zero-order chi connectivity index (χ0) is 11.4. The zero-order valence-electron chi connectivity index (χ0n) is 8.47. The maximum absolute atomic E-state index is 10.4. The van der Waals surface area contributed by atoms with Crippen LogP contribution in [0.15, 0.2) is 36.5 Å². The number of nitrogens with one attached hydrogen (secondary N) is 2. The van der Waals surface area contributed by atoms with Crippen molar-refractivity contribution in [3.8, 4) is 11.3 Å². The Morgan fingerprint density at radius 2 is 2.31 bits per heavy atom. The number of rotatable bonds is 3. The molecule has 0 aliphatic carbocycles. The molecule has 1 aromatic heterocycles. The lowest BCUT2D eigenvalue weighted by atomic mass is 10.1. The Bertz CT molecular complexity index is 480. The van der Waals surface area contributed by atoms with E-state index in [0.29, 0.717) is 6.54 Å². The molecule has 0 atom stereocenters. The second-order valence-electron chi connectivity index (χ2n) is 3.33. The Morgan fingerprint density at radius 3 is 3.00 bits per heavy atom. The summed E-state index contributed by atoms with van der Waals surface area (Å²) in [5, 5.41) is 17.6. The fourth-order valence-electron chi connectivity index (χ4n) is 1.44. The van der Waals surface area contributed by atoms with Gasteiger partial charge in [-0.3, -0.25) is 5.10 Å². The van der Waals surface area contributed by atoms with Crippen molar-refractivity contribution in [3.63, 3.8) is 0 Å². The first-order valence-corrected chi connectivity index (χ1v) is 4.81. The van der Waals surface area contributed by atoms with Gasteiger partial charge < -0.3 is 10.4 Å². The first kappa shape index (κ1) is 10.2. The number of H-pyrrole nitrogens is 1. The molecule has 0 fully saturated rings. The number of carbonyl (C=O) groups is 1. The van der Waals surface area contributed by atoms with Gasteiger partial charge in [0.15, 0.2) is 0 Å². The molecule has 0 unspecified atom stereocenters. The highest BCUT2D eigenvalue weighted by molar-refractivity contribution is 5.65. The lowest BCUT2D eigenvalue weighted by Crippen LogP contribution is -2.19. The van der Waals surface area contributed by atoms with E-state index in [1.807, 2.05) is 30.3 Å². The van der Waals surface area contributed by atoms with Crippen LogP contribution in [-0.4, -0.2) is 21.4 Å². The molecule has 0 aliphatic rings. The molecule has 82 valence electrons. The molecule has 1 amide bonds. The molecule has 5 nitrogen and oxygen atoms in total. The van der Waals surface area contributed by atoms with Gasteiger partial charge in [-0.05, 0) is 23.3 Å². The van der Waals surface area contributed by atoms with Gasteiger partial charge in [0.2, 0.25) is 0 Å². The van der Waals surface area contributed by atoms with Gasteiger partial charge in [0.25, 0.3) is 0 Å². The van der Waals surface area contributed by atoms with Gasteiger partial charge >= 0.3 is 6.09 Å². The van der Waals surface area contributed by atoms with Crippen molar-refractivity contribution < 1.29 is 9.90 Å². The predicted octanol–water partition coefficient (Wildman–Crippen LogP) is 1.84. The number of hydrogen-bond acceptors (Lipinski definition) is 2. The van der Waals surface area contributed by atoms with Crippen LogP contribution in [0.3, 0.4) is 0 Å². The minimum Gasteiger partial charge on any atom is -0.465 e. The second kappa shape index (κ2) is 4.48. The summed E-state index contributed by atoms with van der Waals surface area (Å²) in [7, 11) is 0. The average Bonchev–Trinajstić information content (AvgIpc) is 2.80. The van der Waals surface area contributed by atoms with Gasteiger partial charge in [-0.2, -0.15) is 5.10 Å². The van der Waals surface area contributed by atoms with Crippen molar-refractivity contribution >= 4 is 6.09 Å². The molecule has 2 aromatic rings. The van der Waals surface area contributed by atoms with E-state index in [1.54, 1.807) is 6.20 Å². The molecule has 16 heavy (non-hydrogen) atoms. The number of hydrogen-bond donors (Lipinski definition) is 3. The van der Waals surface area contributed by atoms with Gasteiger partial charge in [0.05, 0.1) is 5.69 Å². The summed E-state index contributed by atoms with van der Waals surface area (Å²) >= 11 is 0. The summed E-state index contributed by atoms with van der Waals surface area (Å²) < 4.78 is 0. The monoisotopic (exact) mass is 217 g/mol. The molecule has 1 aromatic carbocycles. The van der Waals surface area contributed by atoms with Crippen LogP contribution >= 0.6 is 0 Å². The third kappa shape index (κ3) is 2.38. The summed E-state index contributed by atoms with van der Waals surface area (Å²) in [6.45, 7) is 0.303. The second-order valence-corrected chi connectivity index (χ2v) is 3.33. The lowest BCUT2D eigenvalue weighted by molar-refractivity contribution is 0.194. The maximum Gasteiger partial charge on any atom is 0.404 e. The molecule has 3 N–H and O–H groups in total. The average molecular weight is 217 g/mol. The molecule has 0 saturated carbocycles. The highest BCUT2D eigenvalue weighted by atomic mass is 16.4. The number of amides is 1. The minimum absolute atomic E-state index is 0.303. The first-order chi connectivity index (χ1) is 7.75. The van der Waals surface area contributed by atoms with Crippen molar-refractivity contribution in [2.45, 2.75) is 6.54 Å². The SMILES string of the molecule is O=C(O)NCc1cccc(-c2ccn[nH]2)c1. The number of aromatic nitrogens is 2. The quantitative estimate of drug-likeness (QED) is 0.734. The van der Waals surface area contributed by atoms with Crippen molar-refractivity contribution in [2.75, 3.05) is 0 Å². The summed E-state index contributed by atoms with van der Waals surface area (Å²) in [6.07, 6.45) is 0.657. The lowest BCUT2D eigenvalue weighted by Gasteiger charge is -2.03. The molecule has 1 heterocycles. The van der Waals surface area contributed by atoms with Gasteiger partial charge in [-0.25, -0.2) is 4.79 Å². The van der Waals surface area contributed by atoms with E-state index in [9.17, 15) is 4.79 Å². The van der Waals surface area contributed by atoms with Gasteiger partial charge in [-0.1, -0.05) is 18.2 Å². The fourth-order valence-corrected chi connectivity index (χ4v) is 1.44. The molecule has 5 heteroatoms. The summed E-state index contributed by atoms with van der Waals surface area (Å²) in [6, 6.07) is 9.48. The third-order valence-corrected chi connectivity index (χ3v) is 2.18. The van der Waals surface area contributed by atoms with Crippen LogP contribution in [-0.2, 0) is 6.54 Å². The molecule has 0 saturated heterocycles. The van der Waals surface area contributed by atoms with Crippen LogP contribution in [0.25, 0.3) is 11.3 Å². The van der Waals surface area contributed by atoms with E-state index in [0.717, 1.165) is 16.8 Å². The Hall–Kier alpha value is -2.30. The van der Waals surface area contributed by atoms with Crippen molar-refractivity contribution in [3.05, 3.63) is 42.1 Å². The van der Waals surface area contributed by atoms with E-state index in [-0.39, 0.29) is 0 Å². The molecule has 0 radical (unpaired) electrons. The Balaban J connectivity index is 2.17. The highest BCUT2D eigenvalue weighted by Gasteiger charge is 2.01. The minimum atomic E-state index is -1.02. The Morgan fingerprint density at radius 1 is 1.44 bits per heavy atom. The van der Waals surface area contributed by atoms with Crippen molar-refractivity contribution in [2.24, 2.45) is 0 Å². The molecule has 0 bridgehead atoms. The van der Waals surface area contributed by atoms with Crippen LogP contribution in [0.2, 0.25) is 0 Å². The fraction of sp³-hybridized carbons (Fsp3) is 0.0909. The number of aromatic amines is 1. The molecule has 0 spiro atoms. The zero-order valence-corrected chi connectivity index (χ0v) is 8.47. The topological polar surface area (TPSA) is 78.0 Å². The Labute approximate surface area is 92.1 Å². The maximum atomic E-state index is 10.4. The van der Waals surface area contributed by atoms with E-state index in [2.05, 4.69) is 15.5 Å². The summed E-state index contributed by atoms with van der Waals surface area (Å²) in [5.41, 5.74) is 2.81. The van der Waals surface area contributed by atoms with Crippen molar-refractivity contribution in [1.82, 2.24) is 15.5 Å². The highest BCUT2D eigenvalue weighted by Crippen LogP contribution is 2.17. The molecule has 2 rings (SSSR count). The van der Waals surface area contributed by atoms with Crippen LogP contribution in [0.5, 0.6) is 0 Å².